The SMILES string of the molecule is CC(=O)c1cnc2c(c1NC1C[C@H]3CC[C@@H](C1)N3C(=O)C1CC1)C=CC2.CC(=O)c1cnc2c(c1NC1C[C@H]3CC[C@@H](C1)N3C(=O)CO)C=CC2.CC(=O)c1cnc2c(c1NC1C[C@H]3CC[C@@H](C1)N3C(C)=O)C=CC2.CCC(=O)N1[C@@H]2CC[C@H]1CC(Nc1c(C(C)=O)cnc3c1C=CC3)C2.CCCC(=O)c1cnc2c(c1NC1[C@@H]3CC4C[C@H]1CC(O)(C4)C3)C=CC2.O=C1Cc2cnc3c(c2N1C12CC4CC(CC(C4)C1)C2)C=CC3. The Bertz CT molecular complexity index is 6390. The largest absolute Gasteiger partial charge is 0.390 e. The summed E-state index contributed by atoms with van der Waals surface area (Å²) in [6.45, 7) is 11.6. The fourth-order valence-corrected chi connectivity index (χ4v) is 32.1. The number of piperidine rings is 4. The molecule has 28 nitrogen and oxygen atoms in total. The number of hydrogen-bond donors (Lipinski definition) is 7. The van der Waals surface area contributed by atoms with Crippen molar-refractivity contribution >= 4 is 129 Å². The standard InChI is InChI=1S/C22H28N2O2.C21H25N3O2.C20H25N3O2.C20H22N2O.C19H23N3O3.C19H23N3O2/c1-2-4-19(25)17-12-23-18-6-3-5-16(18)21(17)24-20-14-7-13-8-15(20)11-22(26,9-13)10-14;1-12(25)18-11-22-19-4-2-3-17(19)20(18)23-14-9-15-7-8-16(10-14)24(15)21(26)13-5-6-13;1-3-19(25)23-14-7-8-15(23)10-13(9-14)22-20-16-5-4-6-18(16)21-11-17(20)12(2)24;23-18-7-15-11-21-17-3-1-2-16(17)19(15)22(18)20-8-12-4-13(9-20)6-14(5-12)10-20;1-11(24)16-9-20-17-4-2-3-15(17)19(16)21-12-7-13-5-6-14(8-12)22(13)18(25)10-23;1-11(23)17-10-20-18-5-3-4-16(18)19(17)21-13-8-14-6-7-15(9-13)22(14)12(2)24/h3,5,12-15,20,26H,2,4,6-11H2,1H3,(H,23,24);2-3,11,13-16H,4-10H2,1H3,(H,22,23);4-5,11,13-15H,3,6-10H2,1-2H3,(H,21,22);1-2,11-14H,3-10H2;2-3,9,12-14,23H,4-8,10H2,1H3,(H,20,21);3-4,10,13-15H,5-9H2,1-2H3,(H,20,21)/t13?,14-,15+,20?,22?;14?,15-,16+;13?,14-,15+;;12?,13-,14+;13?,14-,15+. The van der Waals surface area contributed by atoms with Gasteiger partial charge in [0, 0.05) is 224 Å². The predicted octanol–water partition coefficient (Wildman–Crippen LogP) is 18.5. The van der Waals surface area contributed by atoms with Gasteiger partial charge in [0.1, 0.15) is 6.61 Å². The first-order chi connectivity index (χ1) is 72.1. The number of ketones is 5. The molecule has 17 atom stereocenters. The summed E-state index contributed by atoms with van der Waals surface area (Å²) in [7, 11) is 0. The van der Waals surface area contributed by atoms with E-state index in [1.165, 1.54) is 62.6 Å². The molecule has 6 aromatic rings. The highest BCUT2D eigenvalue weighted by atomic mass is 16.3. The number of nitrogens with one attached hydrogen (secondary N) is 5. The number of aliphatic hydroxyl groups excluding tert-OH is 1. The van der Waals surface area contributed by atoms with Crippen molar-refractivity contribution in [3.63, 3.8) is 0 Å². The molecule has 0 radical (unpaired) electrons. The Morgan fingerprint density at radius 2 is 0.691 bits per heavy atom. The maximum atomic E-state index is 13.0. The Balaban J connectivity index is 0.0000000982. The van der Waals surface area contributed by atoms with Crippen molar-refractivity contribution in [2.24, 2.45) is 41.4 Å². The molecule has 7 unspecified atom stereocenters. The fraction of sp³-hybridized carbons (Fsp3) is 0.570. The van der Waals surface area contributed by atoms with Crippen molar-refractivity contribution in [2.75, 3.05) is 38.1 Å². The number of aliphatic hydroxyl groups is 2. The first kappa shape index (κ1) is 100. The number of anilines is 6. The molecule has 30 rings (SSSR count). The summed E-state index contributed by atoms with van der Waals surface area (Å²) in [6, 6.07) is 3.97. The maximum Gasteiger partial charge on any atom is 0.248 e. The Labute approximate surface area is 874 Å². The quantitative estimate of drug-likeness (QED) is 0.0329. The number of carbonyl (C=O) groups is 10. The van der Waals surface area contributed by atoms with Crippen LogP contribution in [0.15, 0.2) is 73.6 Å². The molecule has 0 aromatic carbocycles. The molecule has 7 N–H and O–H groups in total. The van der Waals surface area contributed by atoms with Gasteiger partial charge in [-0.3, -0.25) is 77.8 Å². The van der Waals surface area contributed by atoms with E-state index in [1.54, 1.807) is 65.6 Å². The zero-order valence-corrected chi connectivity index (χ0v) is 87.6. The topological polar surface area (TPSA) is 365 Å². The molecule has 16 bridgehead atoms. The summed E-state index contributed by atoms with van der Waals surface area (Å²) in [4.78, 5) is 160. The van der Waals surface area contributed by atoms with Crippen molar-refractivity contribution < 1.29 is 58.2 Å². The van der Waals surface area contributed by atoms with Crippen LogP contribution in [0, 0.1) is 41.4 Å². The van der Waals surface area contributed by atoms with Crippen molar-refractivity contribution in [1.29, 1.82) is 0 Å². The van der Waals surface area contributed by atoms with Gasteiger partial charge in [-0.05, 0) is 256 Å². The van der Waals surface area contributed by atoms with Crippen LogP contribution in [-0.4, -0.2) is 214 Å². The number of Topliss-reactive ketones (excluding diaryl/α,β-unsaturated/α-hetero) is 5. The van der Waals surface area contributed by atoms with E-state index in [1.807, 2.05) is 31.0 Å². The third-order valence-corrected chi connectivity index (χ3v) is 37.8. The summed E-state index contributed by atoms with van der Waals surface area (Å²) in [6.07, 6.45) is 75.0. The van der Waals surface area contributed by atoms with Gasteiger partial charge in [0.2, 0.25) is 29.5 Å². The smallest absolute Gasteiger partial charge is 0.248 e. The average molecular weight is 2020 g/mol. The van der Waals surface area contributed by atoms with E-state index in [2.05, 4.69) is 143 Å². The minimum Gasteiger partial charge on any atom is -0.390 e. The van der Waals surface area contributed by atoms with Crippen molar-refractivity contribution in [3.05, 3.63) is 175 Å². The van der Waals surface area contributed by atoms with Crippen LogP contribution in [0.4, 0.5) is 34.1 Å². The molecule has 17 fully saturated rings. The fourth-order valence-electron chi connectivity index (χ4n) is 32.1. The van der Waals surface area contributed by atoms with Crippen LogP contribution < -0.4 is 31.5 Å². The van der Waals surface area contributed by atoms with Crippen molar-refractivity contribution in [1.82, 2.24) is 49.5 Å². The number of hydrogen-bond acceptors (Lipinski definition) is 23. The lowest BCUT2D eigenvalue weighted by atomic mass is 9.52. The molecule has 0 spiro atoms. The van der Waals surface area contributed by atoms with Gasteiger partial charge in [0.05, 0.1) is 108 Å². The van der Waals surface area contributed by atoms with Crippen LogP contribution in [0.5, 0.6) is 0 Å². The van der Waals surface area contributed by atoms with Gasteiger partial charge in [0.15, 0.2) is 28.9 Å². The summed E-state index contributed by atoms with van der Waals surface area (Å²) < 4.78 is 0. The van der Waals surface area contributed by atoms with Crippen LogP contribution in [0.1, 0.15) is 379 Å². The second kappa shape index (κ2) is 40.9. The third-order valence-electron chi connectivity index (χ3n) is 37.8. The monoisotopic (exact) mass is 2020 g/mol. The van der Waals surface area contributed by atoms with Crippen LogP contribution in [0.3, 0.4) is 0 Å². The Morgan fingerprint density at radius 3 is 1.03 bits per heavy atom. The molecule has 15 heterocycles. The van der Waals surface area contributed by atoms with Gasteiger partial charge < -0.3 is 61.3 Å². The summed E-state index contributed by atoms with van der Waals surface area (Å²) in [5, 5.41) is 38.5. The lowest BCUT2D eigenvalue weighted by molar-refractivity contribution is -0.139. The lowest BCUT2D eigenvalue weighted by Crippen LogP contribution is -2.61. The molecule has 9 aliphatic heterocycles. The van der Waals surface area contributed by atoms with Crippen molar-refractivity contribution in [2.45, 2.75) is 389 Å². The molecule has 782 valence electrons. The number of aromatic nitrogens is 6. The van der Waals surface area contributed by atoms with Crippen LogP contribution in [0.2, 0.25) is 0 Å². The third kappa shape index (κ3) is 19.3. The van der Waals surface area contributed by atoms with Gasteiger partial charge in [-0.25, -0.2) is 0 Å². The molecule has 28 heteroatoms. The lowest BCUT2D eigenvalue weighted by Gasteiger charge is -2.60. The zero-order valence-electron chi connectivity index (χ0n) is 87.6. The van der Waals surface area contributed by atoms with E-state index in [-0.39, 0.29) is 70.3 Å². The molecular weight excluding hydrogens is 1870 g/mol. The number of carbonyl (C=O) groups excluding carboxylic acids is 10. The predicted molar refractivity (Wildman–Crippen MR) is 576 cm³/mol. The average Bonchev–Trinajstić information content (AvgIpc) is 1.61. The molecule has 149 heavy (non-hydrogen) atoms. The van der Waals surface area contributed by atoms with Gasteiger partial charge in [-0.15, -0.1) is 0 Å². The highest BCUT2D eigenvalue weighted by molar-refractivity contribution is 6.07. The number of amides is 5. The summed E-state index contributed by atoms with van der Waals surface area (Å²) >= 11 is 0. The highest BCUT2D eigenvalue weighted by Gasteiger charge is 2.59. The highest BCUT2D eigenvalue weighted by Crippen LogP contribution is 2.62. The van der Waals surface area contributed by atoms with Gasteiger partial charge in [0.25, 0.3) is 0 Å². The van der Waals surface area contributed by atoms with E-state index in [4.69, 9.17) is 0 Å². The van der Waals surface area contributed by atoms with E-state index < -0.39 is 12.2 Å². The minimum atomic E-state index is -0.421. The number of fused-ring (bicyclic) bond motifs is 16. The summed E-state index contributed by atoms with van der Waals surface area (Å²) in [5.74, 6) is 6.00. The number of nitrogens with zero attached hydrogens (tertiary/aromatic N) is 11. The molecule has 15 aliphatic carbocycles. The van der Waals surface area contributed by atoms with E-state index in [0.717, 1.165) is 299 Å². The number of rotatable bonds is 21. The Kier molecular flexibility index (Phi) is 27.5. The molecule has 24 aliphatic rings. The molecule has 9 saturated carbocycles. The maximum absolute atomic E-state index is 13.0. The van der Waals surface area contributed by atoms with Crippen LogP contribution in [0.25, 0.3) is 36.5 Å². The van der Waals surface area contributed by atoms with Gasteiger partial charge in [-0.1, -0.05) is 86.8 Å². The molecular formula is C121H146N16O12. The van der Waals surface area contributed by atoms with Gasteiger partial charge >= 0.3 is 0 Å². The second-order valence-electron chi connectivity index (χ2n) is 47.8. The number of pyridine rings is 6. The molecule has 5 amide bonds. The van der Waals surface area contributed by atoms with E-state index in [9.17, 15) is 58.2 Å². The molecule has 6 aromatic heterocycles. The Hall–Kier alpha value is -12.0. The van der Waals surface area contributed by atoms with Crippen LogP contribution >= 0.6 is 0 Å². The first-order valence-electron chi connectivity index (χ1n) is 56.5. The van der Waals surface area contributed by atoms with E-state index in [0.29, 0.717) is 137 Å². The summed E-state index contributed by atoms with van der Waals surface area (Å²) in [5.41, 5.74) is 23.1. The van der Waals surface area contributed by atoms with E-state index >= 15 is 0 Å². The molecule has 8 saturated heterocycles. The minimum absolute atomic E-state index is 0.00830. The van der Waals surface area contributed by atoms with Crippen molar-refractivity contribution in [3.8, 4) is 0 Å². The zero-order chi connectivity index (χ0) is 103. The Morgan fingerprint density at radius 1 is 0.369 bits per heavy atom. The number of allylic oxidation sites excluding steroid dienone is 6. The van der Waals surface area contributed by atoms with Crippen LogP contribution in [-0.2, 0) is 68.9 Å². The normalized spacial score (nSPS) is 30.8. The second-order valence-corrected chi connectivity index (χ2v) is 47.8. The van der Waals surface area contributed by atoms with Gasteiger partial charge in [-0.2, -0.15) is 0 Å². The first-order valence-corrected chi connectivity index (χ1v) is 56.5.